The fraction of sp³-hybridized carbons (Fsp3) is 0.625. The molecule has 0 aromatic carbocycles. The quantitative estimate of drug-likeness (QED) is 0.743. The zero-order valence-electron chi connectivity index (χ0n) is 7.30. The molecule has 5 heteroatoms. The van der Waals surface area contributed by atoms with Crippen molar-refractivity contribution in [2.75, 3.05) is 0 Å². The molecule has 13 heavy (non-hydrogen) atoms. The molecule has 1 aromatic rings. The molecule has 2 nitrogen and oxygen atoms in total. The van der Waals surface area contributed by atoms with E-state index in [0.29, 0.717) is 6.54 Å². The van der Waals surface area contributed by atoms with Gasteiger partial charge in [-0.15, -0.1) is 0 Å². The Bertz CT molecular complexity index is 273. The largest absolute Gasteiger partial charge is 0.282 e. The predicted octanol–water partition coefficient (Wildman–Crippen LogP) is 3.27. The Morgan fingerprint density at radius 2 is 2.31 bits per heavy atom. The van der Waals surface area contributed by atoms with Gasteiger partial charge in [-0.2, -0.15) is 5.10 Å². The van der Waals surface area contributed by atoms with Crippen molar-refractivity contribution >= 4 is 11.6 Å². The van der Waals surface area contributed by atoms with E-state index < -0.39 is 6.43 Å². The third-order valence-corrected chi connectivity index (χ3v) is 2.00. The van der Waals surface area contributed by atoms with Crippen LogP contribution >= 0.6 is 11.6 Å². The summed E-state index contributed by atoms with van der Waals surface area (Å²) < 4.78 is 25.7. The Hall–Kier alpha value is -0.640. The van der Waals surface area contributed by atoms with Crippen molar-refractivity contribution in [3.63, 3.8) is 0 Å². The Labute approximate surface area is 80.5 Å². The highest BCUT2D eigenvalue weighted by Crippen LogP contribution is 2.21. The second kappa shape index (κ2) is 4.56. The number of halogens is 3. The van der Waals surface area contributed by atoms with Crippen LogP contribution in [0.2, 0.25) is 5.15 Å². The molecule has 74 valence electrons. The lowest BCUT2D eigenvalue weighted by molar-refractivity contribution is 0.145. The summed E-state index contributed by atoms with van der Waals surface area (Å²) in [6.45, 7) is 2.62. The lowest BCUT2D eigenvalue weighted by Crippen LogP contribution is -2.00. The minimum atomic E-state index is -2.54. The monoisotopic (exact) mass is 208 g/mol. The van der Waals surface area contributed by atoms with Crippen molar-refractivity contribution in [1.82, 2.24) is 9.78 Å². The third kappa shape index (κ3) is 2.66. The van der Waals surface area contributed by atoms with Crippen LogP contribution in [0.5, 0.6) is 0 Å². The van der Waals surface area contributed by atoms with Crippen LogP contribution in [0.25, 0.3) is 0 Å². The summed E-state index contributed by atoms with van der Waals surface area (Å²) in [6.07, 6.45) is -0.662. The van der Waals surface area contributed by atoms with Gasteiger partial charge in [-0.25, -0.2) is 8.78 Å². The minimum absolute atomic E-state index is 0.249. The first-order chi connectivity index (χ1) is 6.15. The lowest BCUT2D eigenvalue weighted by Gasteiger charge is -1.99. The molecule has 0 aliphatic heterocycles. The third-order valence-electron chi connectivity index (χ3n) is 1.70. The molecule has 0 saturated carbocycles. The summed E-state index contributed by atoms with van der Waals surface area (Å²) in [5.41, 5.74) is -0.249. The van der Waals surface area contributed by atoms with Crippen molar-refractivity contribution in [3.05, 3.63) is 16.9 Å². The normalized spacial score (nSPS) is 11.2. The molecule has 0 bridgehead atoms. The van der Waals surface area contributed by atoms with Gasteiger partial charge >= 0.3 is 0 Å². The van der Waals surface area contributed by atoms with Crippen LogP contribution in [0.3, 0.4) is 0 Å². The smallest absolute Gasteiger partial charge is 0.254 e. The zero-order valence-corrected chi connectivity index (χ0v) is 8.06. The maximum atomic E-state index is 12.1. The lowest BCUT2D eigenvalue weighted by atomic mass is 10.3. The van der Waals surface area contributed by atoms with Crippen LogP contribution in [0, 0.1) is 0 Å². The van der Waals surface area contributed by atoms with Crippen LogP contribution in [-0.2, 0) is 6.54 Å². The highest BCUT2D eigenvalue weighted by molar-refractivity contribution is 6.29. The molecule has 0 aliphatic carbocycles. The Balaban J connectivity index is 2.71. The number of aryl methyl sites for hydroxylation is 1. The standard InChI is InChI=1S/C8H11ClF2N2/c1-2-3-4-13-7(9)5-6(12-13)8(10)11/h5,8H,2-4H2,1H3. The van der Waals surface area contributed by atoms with Gasteiger partial charge in [0, 0.05) is 12.6 Å². The fourth-order valence-corrected chi connectivity index (χ4v) is 1.22. The average molecular weight is 209 g/mol. The van der Waals surface area contributed by atoms with Gasteiger partial charge in [0.1, 0.15) is 10.8 Å². The summed E-state index contributed by atoms with van der Waals surface area (Å²) in [5.74, 6) is 0. The van der Waals surface area contributed by atoms with Gasteiger partial charge in [0.2, 0.25) is 0 Å². The van der Waals surface area contributed by atoms with E-state index in [-0.39, 0.29) is 10.8 Å². The van der Waals surface area contributed by atoms with Gasteiger partial charge in [-0.3, -0.25) is 4.68 Å². The Morgan fingerprint density at radius 1 is 1.62 bits per heavy atom. The van der Waals surface area contributed by atoms with Crippen LogP contribution in [0.4, 0.5) is 8.78 Å². The predicted molar refractivity (Wildman–Crippen MR) is 47.1 cm³/mol. The second-order valence-corrected chi connectivity index (χ2v) is 3.16. The summed E-state index contributed by atoms with van der Waals surface area (Å²) in [6, 6.07) is 1.21. The van der Waals surface area contributed by atoms with E-state index in [4.69, 9.17) is 11.6 Å². The van der Waals surface area contributed by atoms with Gasteiger partial charge in [0.15, 0.2) is 0 Å². The Morgan fingerprint density at radius 3 is 2.77 bits per heavy atom. The van der Waals surface area contributed by atoms with Gasteiger partial charge in [0.05, 0.1) is 0 Å². The number of aromatic nitrogens is 2. The summed E-state index contributed by atoms with van der Waals surface area (Å²) in [4.78, 5) is 0. The molecule has 1 heterocycles. The van der Waals surface area contributed by atoms with Crippen molar-refractivity contribution in [1.29, 1.82) is 0 Å². The zero-order chi connectivity index (χ0) is 9.84. The number of rotatable bonds is 4. The van der Waals surface area contributed by atoms with Crippen LogP contribution in [0.1, 0.15) is 31.9 Å². The SMILES string of the molecule is CCCCn1nc(C(F)F)cc1Cl. The first kappa shape index (κ1) is 10.4. The van der Waals surface area contributed by atoms with E-state index in [1.807, 2.05) is 6.92 Å². The second-order valence-electron chi connectivity index (χ2n) is 2.77. The van der Waals surface area contributed by atoms with Crippen LogP contribution in [-0.4, -0.2) is 9.78 Å². The van der Waals surface area contributed by atoms with E-state index in [9.17, 15) is 8.78 Å². The molecule has 1 aromatic heterocycles. The molecule has 0 saturated heterocycles. The highest BCUT2D eigenvalue weighted by atomic mass is 35.5. The average Bonchev–Trinajstić information content (AvgIpc) is 2.44. The van der Waals surface area contributed by atoms with Gasteiger partial charge in [0.25, 0.3) is 6.43 Å². The molecule has 0 unspecified atom stereocenters. The Kier molecular flexibility index (Phi) is 3.66. The number of hydrogen-bond acceptors (Lipinski definition) is 1. The molecule has 1 rings (SSSR count). The number of alkyl halides is 2. The summed E-state index contributed by atoms with van der Waals surface area (Å²) in [7, 11) is 0. The molecular weight excluding hydrogens is 198 g/mol. The van der Waals surface area contributed by atoms with E-state index in [1.54, 1.807) is 0 Å². The maximum Gasteiger partial charge on any atom is 0.282 e. The van der Waals surface area contributed by atoms with E-state index in [2.05, 4.69) is 5.10 Å². The van der Waals surface area contributed by atoms with Crippen LogP contribution < -0.4 is 0 Å². The van der Waals surface area contributed by atoms with Crippen LogP contribution in [0.15, 0.2) is 6.07 Å². The molecule has 0 N–H and O–H groups in total. The molecule has 0 atom stereocenters. The van der Waals surface area contributed by atoms with Crippen molar-refractivity contribution < 1.29 is 8.78 Å². The fourth-order valence-electron chi connectivity index (χ4n) is 0.984. The molecule has 0 fully saturated rings. The van der Waals surface area contributed by atoms with Gasteiger partial charge in [-0.05, 0) is 6.42 Å². The van der Waals surface area contributed by atoms with E-state index >= 15 is 0 Å². The minimum Gasteiger partial charge on any atom is -0.254 e. The number of unbranched alkanes of at least 4 members (excludes halogenated alkanes) is 1. The van der Waals surface area contributed by atoms with Gasteiger partial charge in [-0.1, -0.05) is 24.9 Å². The summed E-state index contributed by atoms with van der Waals surface area (Å²) in [5, 5.41) is 3.96. The molecule has 0 radical (unpaired) electrons. The van der Waals surface area contributed by atoms with E-state index in [0.717, 1.165) is 12.8 Å². The first-order valence-corrected chi connectivity index (χ1v) is 4.54. The van der Waals surface area contributed by atoms with E-state index in [1.165, 1.54) is 10.7 Å². The first-order valence-electron chi connectivity index (χ1n) is 4.16. The van der Waals surface area contributed by atoms with Crippen molar-refractivity contribution in [3.8, 4) is 0 Å². The maximum absolute atomic E-state index is 12.1. The van der Waals surface area contributed by atoms with Gasteiger partial charge < -0.3 is 0 Å². The number of hydrogen-bond donors (Lipinski definition) is 0. The molecular formula is C8H11ClF2N2. The molecule has 0 amide bonds. The van der Waals surface area contributed by atoms with Crippen molar-refractivity contribution in [2.24, 2.45) is 0 Å². The van der Waals surface area contributed by atoms with Crippen molar-refractivity contribution in [2.45, 2.75) is 32.7 Å². The molecule has 0 aliphatic rings. The highest BCUT2D eigenvalue weighted by Gasteiger charge is 2.13. The topological polar surface area (TPSA) is 17.8 Å². The molecule has 0 spiro atoms. The summed E-state index contributed by atoms with van der Waals surface area (Å²) >= 11 is 5.69. The number of nitrogens with zero attached hydrogens (tertiary/aromatic N) is 2.